The second-order valence-electron chi connectivity index (χ2n) is 16.1. The van der Waals surface area contributed by atoms with Crippen LogP contribution in [0, 0.1) is 35.5 Å². The molecule has 1 heterocycles. The fraction of sp³-hybridized carbons (Fsp3) is 0.923. The van der Waals surface area contributed by atoms with E-state index in [1.807, 2.05) is 83.1 Å². The van der Waals surface area contributed by atoms with Crippen LogP contribution < -0.4 is 14.7 Å². The number of hydrogen-bond acceptors (Lipinski definition) is 18. The molecule has 0 N–H and O–H groups in total. The van der Waals surface area contributed by atoms with Crippen molar-refractivity contribution in [3.63, 3.8) is 0 Å². The van der Waals surface area contributed by atoms with Crippen LogP contribution in [0.1, 0.15) is 83.1 Å². The summed E-state index contributed by atoms with van der Waals surface area (Å²) in [5, 5.41) is 0. The Hall–Kier alpha value is -2.07. The van der Waals surface area contributed by atoms with E-state index >= 15 is 0 Å². The van der Waals surface area contributed by atoms with E-state index in [0.29, 0.717) is 39.6 Å². The first-order chi connectivity index (χ1) is 27.0. The average molecular weight is 823 g/mol. The van der Waals surface area contributed by atoms with E-state index in [2.05, 4.69) is 0 Å². The zero-order chi connectivity index (χ0) is 43.2. The van der Waals surface area contributed by atoms with Crippen LogP contribution in [0.2, 0.25) is 0 Å². The molecular weight excluding hydrogens is 744 g/mol. The molecule has 336 valence electrons. The van der Waals surface area contributed by atoms with E-state index in [1.54, 1.807) is 0 Å². The predicted octanol–water partition coefficient (Wildman–Crippen LogP) is 5.91. The molecule has 0 aromatic carbocycles. The van der Waals surface area contributed by atoms with Crippen LogP contribution in [0.3, 0.4) is 0 Å². The van der Waals surface area contributed by atoms with Crippen molar-refractivity contribution in [1.82, 2.24) is 15.0 Å². The maximum Gasteiger partial charge on any atom is 0.246 e. The van der Waals surface area contributed by atoms with Crippen molar-refractivity contribution in [3.05, 3.63) is 0 Å². The molecule has 0 bridgehead atoms. The Morgan fingerprint density at radius 2 is 0.439 bits per heavy atom. The van der Waals surface area contributed by atoms with Gasteiger partial charge in [0.25, 0.3) is 0 Å². The molecular formula is C39H78N6O12. The van der Waals surface area contributed by atoms with E-state index < -0.39 is 38.5 Å². The number of ether oxygens (including phenoxy) is 12. The van der Waals surface area contributed by atoms with Gasteiger partial charge < -0.3 is 56.8 Å². The molecule has 1 rings (SSSR count). The summed E-state index contributed by atoms with van der Waals surface area (Å²) in [4.78, 5) is 19.7. The third kappa shape index (κ3) is 18.8. The van der Waals surface area contributed by atoms with Gasteiger partial charge in [-0.3, -0.25) is 0 Å². The van der Waals surface area contributed by atoms with Crippen molar-refractivity contribution in [2.45, 2.75) is 122 Å². The highest BCUT2D eigenvalue weighted by molar-refractivity contribution is 5.47. The van der Waals surface area contributed by atoms with Crippen LogP contribution >= 0.6 is 0 Å². The van der Waals surface area contributed by atoms with Gasteiger partial charge in [-0.1, -0.05) is 83.1 Å². The normalized spacial score (nSPS) is 15.6. The summed E-state index contributed by atoms with van der Waals surface area (Å²) in [5.74, 6) is 0.932. The van der Waals surface area contributed by atoms with Crippen molar-refractivity contribution in [1.29, 1.82) is 0 Å². The fourth-order valence-electron chi connectivity index (χ4n) is 4.77. The molecule has 0 amide bonds. The van der Waals surface area contributed by atoms with E-state index in [0.717, 1.165) is 0 Å². The molecule has 18 nitrogen and oxygen atoms in total. The van der Waals surface area contributed by atoms with E-state index in [9.17, 15) is 0 Å². The third-order valence-corrected chi connectivity index (χ3v) is 7.30. The number of rotatable bonds is 33. The van der Waals surface area contributed by atoms with Gasteiger partial charge in [0.1, 0.15) is 0 Å². The number of hydrogen-bond donors (Lipinski definition) is 0. The summed E-state index contributed by atoms with van der Waals surface area (Å²) in [6.07, 6.45) is -6.63. The molecule has 18 heteroatoms. The first-order valence-electron chi connectivity index (χ1n) is 19.9. The lowest BCUT2D eigenvalue weighted by Crippen LogP contribution is -2.53. The Kier molecular flexibility index (Phi) is 26.4. The first kappa shape index (κ1) is 52.9. The monoisotopic (exact) mass is 823 g/mol. The van der Waals surface area contributed by atoms with Gasteiger partial charge in [0.05, 0.1) is 39.6 Å². The van der Waals surface area contributed by atoms with Crippen LogP contribution in [0.15, 0.2) is 0 Å². The summed E-state index contributed by atoms with van der Waals surface area (Å²) in [6.45, 7) is 26.3. The highest BCUT2D eigenvalue weighted by Gasteiger charge is 2.39. The van der Waals surface area contributed by atoms with Gasteiger partial charge in [0, 0.05) is 42.7 Å². The van der Waals surface area contributed by atoms with Gasteiger partial charge in [-0.2, -0.15) is 15.0 Å². The van der Waals surface area contributed by atoms with Crippen LogP contribution in [0.5, 0.6) is 0 Å². The van der Waals surface area contributed by atoms with E-state index in [-0.39, 0.29) is 53.4 Å². The smallest absolute Gasteiger partial charge is 0.246 e. The fourth-order valence-corrected chi connectivity index (χ4v) is 4.77. The molecule has 0 saturated heterocycles. The topological polar surface area (TPSA) is 159 Å². The third-order valence-electron chi connectivity index (χ3n) is 7.30. The molecule has 57 heavy (non-hydrogen) atoms. The summed E-state index contributed by atoms with van der Waals surface area (Å²) >= 11 is 0. The second-order valence-corrected chi connectivity index (χ2v) is 16.1. The lowest BCUT2D eigenvalue weighted by Gasteiger charge is -2.40. The Balaban J connectivity index is 4.53. The number of methoxy groups -OCH3 is 6. The molecule has 0 aliphatic rings. The van der Waals surface area contributed by atoms with Crippen LogP contribution in [0.4, 0.5) is 17.8 Å². The average Bonchev–Trinajstić information content (AvgIpc) is 3.15. The molecule has 0 saturated carbocycles. The molecule has 0 spiro atoms. The molecule has 0 radical (unpaired) electrons. The van der Waals surface area contributed by atoms with Gasteiger partial charge >= 0.3 is 0 Å². The highest BCUT2D eigenvalue weighted by atomic mass is 16.8. The largest absolute Gasteiger partial charge is 0.338 e. The maximum absolute atomic E-state index is 6.31. The van der Waals surface area contributed by atoms with Gasteiger partial charge in [0.2, 0.25) is 56.3 Å². The van der Waals surface area contributed by atoms with Gasteiger partial charge in [0.15, 0.2) is 0 Å². The molecule has 0 aliphatic heterocycles. The Morgan fingerprint density at radius 1 is 0.298 bits per heavy atom. The van der Waals surface area contributed by atoms with Crippen molar-refractivity contribution in [2.75, 3.05) is 97.0 Å². The summed E-state index contributed by atoms with van der Waals surface area (Å²) in [7, 11) is 9.07. The Morgan fingerprint density at radius 3 is 0.544 bits per heavy atom. The molecule has 1 aromatic heterocycles. The second kappa shape index (κ2) is 28.4. The van der Waals surface area contributed by atoms with Crippen molar-refractivity contribution >= 4 is 17.8 Å². The standard InChI is InChI=1S/C39H78N6O12/c1-25(2)19-52-34(46-13)43(35(47-14)53-20-26(3)4)31-40-32(44(36(48-15)54-21-27(5)6)37(49-16)55-22-28(7)8)42-33(41-31)45(38(50-17)56-23-29(9)10)39(51-18)57-24-30(11)12/h25-30,34-39H,19-24H2,1-18H3. The van der Waals surface area contributed by atoms with Crippen molar-refractivity contribution in [2.24, 2.45) is 35.5 Å². The van der Waals surface area contributed by atoms with Crippen molar-refractivity contribution < 1.29 is 56.8 Å². The minimum Gasteiger partial charge on any atom is -0.338 e. The summed E-state index contributed by atoms with van der Waals surface area (Å²) < 4.78 is 73.6. The first-order valence-corrected chi connectivity index (χ1v) is 19.9. The molecule has 1 aromatic rings. The van der Waals surface area contributed by atoms with E-state index in [1.165, 1.54) is 57.4 Å². The highest BCUT2D eigenvalue weighted by Crippen LogP contribution is 2.30. The Labute approximate surface area is 343 Å². The number of aromatic nitrogens is 3. The Bertz CT molecular complexity index is 961. The SMILES string of the molecule is COC(OCC(C)C)N(c1nc(N(C(OC)OCC(C)C)C(OC)OCC(C)C)nc(N(C(OC)OCC(C)C)C(OC)OCC(C)C)n1)C(OC)OCC(C)C. The minimum atomic E-state index is -1.11. The minimum absolute atomic E-state index is 0.00561. The zero-order valence-corrected chi connectivity index (χ0v) is 38.3. The predicted molar refractivity (Wildman–Crippen MR) is 217 cm³/mol. The maximum atomic E-state index is 6.31. The summed E-state index contributed by atoms with van der Waals surface area (Å²) in [5.41, 5.74) is 0. The molecule has 6 unspecified atom stereocenters. The van der Waals surface area contributed by atoms with Crippen LogP contribution in [-0.4, -0.2) is 136 Å². The van der Waals surface area contributed by atoms with Crippen LogP contribution in [-0.2, 0) is 56.8 Å². The van der Waals surface area contributed by atoms with Crippen molar-refractivity contribution in [3.8, 4) is 0 Å². The summed E-state index contributed by atoms with van der Waals surface area (Å²) in [6, 6.07) is 0. The number of nitrogens with zero attached hydrogens (tertiary/aromatic N) is 6. The number of anilines is 3. The van der Waals surface area contributed by atoms with Gasteiger partial charge in [-0.25, -0.2) is 14.7 Å². The van der Waals surface area contributed by atoms with E-state index in [4.69, 9.17) is 71.8 Å². The quantitative estimate of drug-likeness (QED) is 0.0770. The molecule has 0 fully saturated rings. The van der Waals surface area contributed by atoms with Gasteiger partial charge in [-0.15, -0.1) is 0 Å². The lowest BCUT2D eigenvalue weighted by molar-refractivity contribution is -0.201. The molecule has 0 aliphatic carbocycles. The van der Waals surface area contributed by atoms with Crippen LogP contribution in [0.25, 0.3) is 0 Å². The van der Waals surface area contributed by atoms with Gasteiger partial charge in [-0.05, 0) is 35.5 Å². The molecule has 6 atom stereocenters. The zero-order valence-electron chi connectivity index (χ0n) is 38.3. The lowest BCUT2D eigenvalue weighted by atomic mass is 10.2.